The van der Waals surface area contributed by atoms with Crippen LogP contribution in [-0.2, 0) is 9.59 Å². The number of carbonyl (C=O) groups excluding carboxylic acids is 2. The number of aromatic nitrogens is 1. The minimum absolute atomic E-state index is 0.0245. The van der Waals surface area contributed by atoms with Crippen molar-refractivity contribution >= 4 is 23.3 Å². The molecule has 1 N–H and O–H groups in total. The lowest BCUT2D eigenvalue weighted by Gasteiger charge is -2.16. The van der Waals surface area contributed by atoms with Crippen molar-refractivity contribution in [3.63, 3.8) is 0 Å². The maximum atomic E-state index is 12.3. The Bertz CT molecular complexity index is 700. The first kappa shape index (κ1) is 14.3. The van der Waals surface area contributed by atoms with Crippen LogP contribution in [0, 0.1) is 12.8 Å². The molecular weight excluding hydrogens is 278 g/mol. The molecule has 0 saturated carbocycles. The SMILES string of the molecule is Cc1ccnc(NC(=O)[C@@H]2CC(=O)N(c3ccccc3)C2)c1. The van der Waals surface area contributed by atoms with Gasteiger partial charge in [-0.3, -0.25) is 9.59 Å². The number of nitrogens with zero attached hydrogens (tertiary/aromatic N) is 2. The Balaban J connectivity index is 1.69. The van der Waals surface area contributed by atoms with E-state index >= 15 is 0 Å². The number of carbonyl (C=O) groups is 2. The van der Waals surface area contributed by atoms with E-state index in [1.165, 1.54) is 0 Å². The van der Waals surface area contributed by atoms with Crippen LogP contribution in [-0.4, -0.2) is 23.3 Å². The second-order valence-corrected chi connectivity index (χ2v) is 5.45. The summed E-state index contributed by atoms with van der Waals surface area (Å²) >= 11 is 0. The number of benzene rings is 1. The molecule has 2 amide bonds. The molecule has 5 nitrogen and oxygen atoms in total. The van der Waals surface area contributed by atoms with Crippen LogP contribution in [0.5, 0.6) is 0 Å². The van der Waals surface area contributed by atoms with Gasteiger partial charge in [0.05, 0.1) is 5.92 Å². The van der Waals surface area contributed by atoms with Crippen molar-refractivity contribution in [2.45, 2.75) is 13.3 Å². The number of nitrogens with one attached hydrogen (secondary N) is 1. The Morgan fingerprint density at radius 3 is 2.77 bits per heavy atom. The number of pyridine rings is 1. The van der Waals surface area contributed by atoms with E-state index < -0.39 is 0 Å². The van der Waals surface area contributed by atoms with Gasteiger partial charge in [0.15, 0.2) is 0 Å². The van der Waals surface area contributed by atoms with Crippen molar-refractivity contribution in [3.05, 3.63) is 54.2 Å². The molecule has 0 radical (unpaired) electrons. The van der Waals surface area contributed by atoms with Gasteiger partial charge in [-0.1, -0.05) is 18.2 Å². The molecule has 2 aromatic rings. The molecule has 3 rings (SSSR count). The van der Waals surface area contributed by atoms with Crippen molar-refractivity contribution in [2.75, 3.05) is 16.8 Å². The molecule has 22 heavy (non-hydrogen) atoms. The van der Waals surface area contributed by atoms with Gasteiger partial charge < -0.3 is 10.2 Å². The summed E-state index contributed by atoms with van der Waals surface area (Å²) in [5.74, 6) is -0.0148. The van der Waals surface area contributed by atoms with Crippen LogP contribution in [0.15, 0.2) is 48.7 Å². The molecule has 1 saturated heterocycles. The van der Waals surface area contributed by atoms with Gasteiger partial charge in [0, 0.05) is 24.8 Å². The van der Waals surface area contributed by atoms with Gasteiger partial charge >= 0.3 is 0 Å². The maximum absolute atomic E-state index is 12.3. The van der Waals surface area contributed by atoms with Crippen LogP contribution in [0.1, 0.15) is 12.0 Å². The van der Waals surface area contributed by atoms with E-state index in [1.54, 1.807) is 11.1 Å². The summed E-state index contributed by atoms with van der Waals surface area (Å²) in [7, 11) is 0. The van der Waals surface area contributed by atoms with E-state index in [2.05, 4.69) is 10.3 Å². The number of hydrogen-bond donors (Lipinski definition) is 1. The minimum atomic E-state index is -0.352. The smallest absolute Gasteiger partial charge is 0.230 e. The molecule has 0 unspecified atom stereocenters. The Kier molecular flexibility index (Phi) is 3.87. The molecule has 0 aliphatic carbocycles. The summed E-state index contributed by atoms with van der Waals surface area (Å²) in [6.45, 7) is 2.34. The third-order valence-corrected chi connectivity index (χ3v) is 3.73. The van der Waals surface area contributed by atoms with Crippen molar-refractivity contribution in [1.29, 1.82) is 0 Å². The van der Waals surface area contributed by atoms with Gasteiger partial charge in [-0.15, -0.1) is 0 Å². The van der Waals surface area contributed by atoms with Crippen LogP contribution in [0.4, 0.5) is 11.5 Å². The molecule has 2 heterocycles. The van der Waals surface area contributed by atoms with Gasteiger partial charge in [-0.25, -0.2) is 4.98 Å². The molecule has 1 atom stereocenters. The topological polar surface area (TPSA) is 62.3 Å². The third kappa shape index (κ3) is 2.98. The van der Waals surface area contributed by atoms with Crippen LogP contribution in [0.25, 0.3) is 0 Å². The van der Waals surface area contributed by atoms with E-state index in [1.807, 2.05) is 49.4 Å². The standard InChI is InChI=1S/C17H17N3O2/c1-12-7-8-18-15(9-12)19-17(22)13-10-16(21)20(11-13)14-5-3-2-4-6-14/h2-9,13H,10-11H2,1H3,(H,18,19,22)/t13-/m1/s1. The zero-order valence-electron chi connectivity index (χ0n) is 12.3. The van der Waals surface area contributed by atoms with Crippen molar-refractivity contribution < 1.29 is 9.59 Å². The summed E-state index contributed by atoms with van der Waals surface area (Å²) in [6.07, 6.45) is 1.88. The van der Waals surface area contributed by atoms with Crippen LogP contribution in [0.3, 0.4) is 0 Å². The number of hydrogen-bond acceptors (Lipinski definition) is 3. The van der Waals surface area contributed by atoms with Crippen LogP contribution >= 0.6 is 0 Å². The number of anilines is 2. The Hall–Kier alpha value is -2.69. The van der Waals surface area contributed by atoms with Gasteiger partial charge in [0.1, 0.15) is 5.82 Å². The molecular formula is C17H17N3O2. The zero-order valence-corrected chi connectivity index (χ0v) is 12.3. The number of para-hydroxylation sites is 1. The molecule has 5 heteroatoms. The quantitative estimate of drug-likeness (QED) is 0.945. The highest BCUT2D eigenvalue weighted by Crippen LogP contribution is 2.25. The molecule has 112 valence electrons. The predicted molar refractivity (Wildman–Crippen MR) is 84.5 cm³/mol. The molecule has 1 aliphatic heterocycles. The monoisotopic (exact) mass is 295 g/mol. The zero-order chi connectivity index (χ0) is 15.5. The second kappa shape index (κ2) is 5.97. The van der Waals surface area contributed by atoms with Gasteiger partial charge in [0.25, 0.3) is 0 Å². The highest BCUT2D eigenvalue weighted by molar-refractivity contribution is 6.03. The normalized spacial score (nSPS) is 17.6. The van der Waals surface area contributed by atoms with Gasteiger partial charge in [-0.05, 0) is 36.8 Å². The first-order valence-electron chi connectivity index (χ1n) is 7.22. The lowest BCUT2D eigenvalue weighted by molar-refractivity contribution is -0.122. The maximum Gasteiger partial charge on any atom is 0.230 e. The Morgan fingerprint density at radius 1 is 1.27 bits per heavy atom. The second-order valence-electron chi connectivity index (χ2n) is 5.45. The fraction of sp³-hybridized carbons (Fsp3) is 0.235. The number of amides is 2. The summed E-state index contributed by atoms with van der Waals surface area (Å²) < 4.78 is 0. The van der Waals surface area contributed by atoms with E-state index in [-0.39, 0.29) is 24.2 Å². The highest BCUT2D eigenvalue weighted by atomic mass is 16.2. The highest BCUT2D eigenvalue weighted by Gasteiger charge is 2.35. The Labute approximate surface area is 129 Å². The molecule has 1 aliphatic rings. The number of aryl methyl sites for hydroxylation is 1. The summed E-state index contributed by atoms with van der Waals surface area (Å²) in [6, 6.07) is 13.1. The van der Waals surface area contributed by atoms with Crippen molar-refractivity contribution in [2.24, 2.45) is 5.92 Å². The lowest BCUT2D eigenvalue weighted by Crippen LogP contribution is -2.28. The molecule has 1 aromatic carbocycles. The largest absolute Gasteiger partial charge is 0.312 e. The third-order valence-electron chi connectivity index (χ3n) is 3.73. The molecule has 0 bridgehead atoms. The molecule has 1 aromatic heterocycles. The van der Waals surface area contributed by atoms with E-state index in [4.69, 9.17) is 0 Å². The average molecular weight is 295 g/mol. The summed E-state index contributed by atoms with van der Waals surface area (Å²) in [4.78, 5) is 30.2. The van der Waals surface area contributed by atoms with Crippen molar-refractivity contribution in [1.82, 2.24) is 4.98 Å². The van der Waals surface area contributed by atoms with Gasteiger partial charge in [0.2, 0.25) is 11.8 Å². The molecule has 1 fully saturated rings. The summed E-state index contributed by atoms with van der Waals surface area (Å²) in [5, 5.41) is 2.79. The average Bonchev–Trinajstić information content (AvgIpc) is 2.90. The van der Waals surface area contributed by atoms with Crippen LogP contribution < -0.4 is 10.2 Å². The lowest BCUT2D eigenvalue weighted by atomic mass is 10.1. The first-order chi connectivity index (χ1) is 10.6. The van der Waals surface area contributed by atoms with Crippen LogP contribution in [0.2, 0.25) is 0 Å². The van der Waals surface area contributed by atoms with E-state index in [0.717, 1.165) is 11.3 Å². The fourth-order valence-corrected chi connectivity index (χ4v) is 2.57. The summed E-state index contributed by atoms with van der Waals surface area (Å²) in [5.41, 5.74) is 1.86. The van der Waals surface area contributed by atoms with E-state index in [9.17, 15) is 9.59 Å². The van der Waals surface area contributed by atoms with Crippen molar-refractivity contribution in [3.8, 4) is 0 Å². The predicted octanol–water partition coefficient (Wildman–Crippen LogP) is 2.38. The Morgan fingerprint density at radius 2 is 2.05 bits per heavy atom. The van der Waals surface area contributed by atoms with E-state index in [0.29, 0.717) is 12.4 Å². The first-order valence-corrected chi connectivity index (χ1v) is 7.22. The minimum Gasteiger partial charge on any atom is -0.312 e. The fourth-order valence-electron chi connectivity index (χ4n) is 2.57. The van der Waals surface area contributed by atoms with Gasteiger partial charge in [-0.2, -0.15) is 0 Å². The molecule has 0 spiro atoms. The number of rotatable bonds is 3.